The van der Waals surface area contributed by atoms with Crippen LogP contribution in [0.3, 0.4) is 0 Å². The number of hydrogen-bond donors (Lipinski definition) is 1. The van der Waals surface area contributed by atoms with Crippen molar-refractivity contribution < 1.29 is 19.5 Å². The van der Waals surface area contributed by atoms with Crippen molar-refractivity contribution in [1.29, 1.82) is 0 Å². The maximum Gasteiger partial charge on any atom is 0.303 e. The highest BCUT2D eigenvalue weighted by atomic mass is 16.4. The third-order valence-electron chi connectivity index (χ3n) is 3.59. The van der Waals surface area contributed by atoms with Crippen LogP contribution >= 0.6 is 0 Å². The molecule has 0 aromatic carbocycles. The summed E-state index contributed by atoms with van der Waals surface area (Å²) in [6, 6.07) is 0. The maximum atomic E-state index is 11.7. The summed E-state index contributed by atoms with van der Waals surface area (Å²) in [6.07, 6.45) is 6.14. The van der Waals surface area contributed by atoms with Crippen molar-refractivity contribution in [2.24, 2.45) is 10.8 Å². The predicted octanol–water partition coefficient (Wildman–Crippen LogP) is 3.32. The lowest BCUT2D eigenvalue weighted by molar-refractivity contribution is -0.139. The second-order valence-corrected chi connectivity index (χ2v) is 7.35. The van der Waals surface area contributed by atoms with Crippen LogP contribution in [0.4, 0.5) is 0 Å². The van der Waals surface area contributed by atoms with Crippen LogP contribution in [-0.4, -0.2) is 22.6 Å². The monoisotopic (exact) mass is 292 g/mol. The van der Waals surface area contributed by atoms with Crippen LogP contribution in [-0.2, 0) is 14.4 Å². The van der Waals surface area contributed by atoms with E-state index in [1.807, 2.05) is 19.9 Å². The van der Waals surface area contributed by atoms with Crippen molar-refractivity contribution in [3.63, 3.8) is 0 Å². The molecule has 0 spiro atoms. The largest absolute Gasteiger partial charge is 0.481 e. The zero-order chi connectivity index (χ0) is 16.3. The van der Waals surface area contributed by atoms with Gasteiger partial charge in [0.05, 0.1) is 6.42 Å². The van der Waals surface area contributed by atoms with Crippen molar-refractivity contribution in [3.8, 4) is 0 Å². The minimum absolute atomic E-state index is 0.0511. The molecule has 1 N–H and O–H groups in total. The molecule has 1 aliphatic carbocycles. The van der Waals surface area contributed by atoms with Gasteiger partial charge in [0, 0.05) is 12.0 Å². The molecule has 0 saturated carbocycles. The zero-order valence-electron chi connectivity index (χ0n) is 13.2. The second-order valence-electron chi connectivity index (χ2n) is 7.35. The molecule has 0 aromatic rings. The summed E-state index contributed by atoms with van der Waals surface area (Å²) in [5, 5.41) is 8.94. The number of aliphatic carboxylic acids is 1. The van der Waals surface area contributed by atoms with Gasteiger partial charge in [-0.3, -0.25) is 14.4 Å². The first-order chi connectivity index (χ1) is 9.51. The molecule has 0 atom stereocenters. The number of hydrogen-bond acceptors (Lipinski definition) is 3. The Morgan fingerprint density at radius 1 is 1.19 bits per heavy atom. The molecule has 116 valence electrons. The number of carboxylic acids is 1. The Kier molecular flexibility index (Phi) is 5.26. The van der Waals surface area contributed by atoms with Gasteiger partial charge < -0.3 is 5.11 Å². The van der Waals surface area contributed by atoms with E-state index in [-0.39, 0.29) is 35.2 Å². The molecule has 0 unspecified atom stereocenters. The normalized spacial score (nSPS) is 18.4. The molecule has 0 radical (unpaired) electrons. The Morgan fingerprint density at radius 2 is 1.81 bits per heavy atom. The van der Waals surface area contributed by atoms with Crippen LogP contribution in [0.1, 0.15) is 53.4 Å². The lowest BCUT2D eigenvalue weighted by Gasteiger charge is -2.33. The number of allylic oxidation sites excluding steroid dienone is 4. The van der Waals surface area contributed by atoms with E-state index in [0.29, 0.717) is 12.0 Å². The van der Waals surface area contributed by atoms with E-state index < -0.39 is 5.97 Å². The number of carbonyl (C=O) groups is 3. The van der Waals surface area contributed by atoms with Gasteiger partial charge in [-0.15, -0.1) is 0 Å². The summed E-state index contributed by atoms with van der Waals surface area (Å²) >= 11 is 0. The average Bonchev–Trinajstić information content (AvgIpc) is 2.27. The number of ketones is 2. The summed E-state index contributed by atoms with van der Waals surface area (Å²) in [5.41, 5.74) is 0.114. The SMILES string of the molecule is CC(C)(C/C=C1/CC(=O)C=CC1=O)CC(C)(C)CC(=O)O. The Labute approximate surface area is 125 Å². The van der Waals surface area contributed by atoms with Crippen molar-refractivity contribution in [2.75, 3.05) is 0 Å². The van der Waals surface area contributed by atoms with E-state index in [9.17, 15) is 14.4 Å². The standard InChI is InChI=1S/C17H24O4/c1-16(2,11-17(3,4)10-15(20)21)8-7-12-9-13(18)5-6-14(12)19/h5-7H,8-11H2,1-4H3,(H,20,21)/b12-7-. The van der Waals surface area contributed by atoms with Gasteiger partial charge in [-0.1, -0.05) is 33.8 Å². The van der Waals surface area contributed by atoms with Crippen molar-refractivity contribution >= 4 is 17.5 Å². The van der Waals surface area contributed by atoms with Gasteiger partial charge in [0.15, 0.2) is 11.6 Å². The topological polar surface area (TPSA) is 71.4 Å². The lowest BCUT2D eigenvalue weighted by Crippen LogP contribution is -2.25. The first-order valence-corrected chi connectivity index (χ1v) is 7.17. The smallest absolute Gasteiger partial charge is 0.303 e. The number of carboxylic acid groups (broad SMARTS) is 1. The molecule has 0 bridgehead atoms. The van der Waals surface area contributed by atoms with Crippen LogP contribution in [0.25, 0.3) is 0 Å². The number of carbonyl (C=O) groups excluding carboxylic acids is 2. The molecule has 0 heterocycles. The summed E-state index contributed by atoms with van der Waals surface area (Å²) < 4.78 is 0. The highest BCUT2D eigenvalue weighted by molar-refractivity contribution is 6.14. The van der Waals surface area contributed by atoms with Crippen molar-refractivity contribution in [3.05, 3.63) is 23.8 Å². The third kappa shape index (κ3) is 6.06. The van der Waals surface area contributed by atoms with E-state index in [0.717, 1.165) is 6.42 Å². The van der Waals surface area contributed by atoms with E-state index in [1.165, 1.54) is 12.2 Å². The summed E-state index contributed by atoms with van der Waals surface area (Å²) in [6.45, 7) is 7.99. The fourth-order valence-corrected chi connectivity index (χ4v) is 3.02. The van der Waals surface area contributed by atoms with E-state index >= 15 is 0 Å². The zero-order valence-corrected chi connectivity index (χ0v) is 13.2. The van der Waals surface area contributed by atoms with E-state index in [1.54, 1.807) is 0 Å². The summed E-state index contributed by atoms with van der Waals surface area (Å²) in [5.74, 6) is -0.951. The molecule has 4 nitrogen and oxygen atoms in total. The summed E-state index contributed by atoms with van der Waals surface area (Å²) in [7, 11) is 0. The van der Waals surface area contributed by atoms with Gasteiger partial charge in [-0.2, -0.15) is 0 Å². The first-order valence-electron chi connectivity index (χ1n) is 7.17. The molecule has 0 fully saturated rings. The molecule has 0 aromatic heterocycles. The van der Waals surface area contributed by atoms with Crippen LogP contribution in [0.15, 0.2) is 23.8 Å². The molecule has 4 heteroatoms. The molecule has 0 amide bonds. The van der Waals surface area contributed by atoms with Gasteiger partial charge in [0.2, 0.25) is 0 Å². The van der Waals surface area contributed by atoms with Crippen LogP contribution in [0, 0.1) is 10.8 Å². The molecule has 0 saturated heterocycles. The highest BCUT2D eigenvalue weighted by Gasteiger charge is 2.30. The average molecular weight is 292 g/mol. The fourth-order valence-electron chi connectivity index (χ4n) is 3.02. The molecule has 21 heavy (non-hydrogen) atoms. The second kappa shape index (κ2) is 6.37. The van der Waals surface area contributed by atoms with Gasteiger partial charge in [-0.05, 0) is 35.8 Å². The van der Waals surface area contributed by atoms with E-state index in [2.05, 4.69) is 13.8 Å². The first kappa shape index (κ1) is 17.3. The Morgan fingerprint density at radius 3 is 2.38 bits per heavy atom. The number of rotatable bonds is 6. The van der Waals surface area contributed by atoms with Gasteiger partial charge in [0.1, 0.15) is 0 Å². The molecule has 1 aliphatic rings. The quantitative estimate of drug-likeness (QED) is 0.762. The molecule has 1 rings (SSSR count). The van der Waals surface area contributed by atoms with Crippen LogP contribution < -0.4 is 0 Å². The van der Waals surface area contributed by atoms with Crippen molar-refractivity contribution in [1.82, 2.24) is 0 Å². The molecule has 0 aliphatic heterocycles. The predicted molar refractivity (Wildman–Crippen MR) is 80.9 cm³/mol. The minimum atomic E-state index is -0.799. The molecular formula is C17H24O4. The van der Waals surface area contributed by atoms with Crippen LogP contribution in [0.5, 0.6) is 0 Å². The van der Waals surface area contributed by atoms with Gasteiger partial charge >= 0.3 is 5.97 Å². The third-order valence-corrected chi connectivity index (χ3v) is 3.59. The minimum Gasteiger partial charge on any atom is -0.481 e. The van der Waals surface area contributed by atoms with Gasteiger partial charge in [0.25, 0.3) is 0 Å². The Bertz CT molecular complexity index is 507. The fraction of sp³-hybridized carbons (Fsp3) is 0.588. The highest BCUT2D eigenvalue weighted by Crippen LogP contribution is 2.39. The molecular weight excluding hydrogens is 268 g/mol. The Balaban J connectivity index is 2.72. The lowest BCUT2D eigenvalue weighted by atomic mass is 9.71. The van der Waals surface area contributed by atoms with E-state index in [4.69, 9.17) is 5.11 Å². The summed E-state index contributed by atoms with van der Waals surface area (Å²) in [4.78, 5) is 33.9. The maximum absolute atomic E-state index is 11.7. The Hall–Kier alpha value is -1.71. The van der Waals surface area contributed by atoms with Crippen molar-refractivity contribution in [2.45, 2.75) is 53.4 Å². The van der Waals surface area contributed by atoms with Gasteiger partial charge in [-0.25, -0.2) is 0 Å². The van der Waals surface area contributed by atoms with Crippen LogP contribution in [0.2, 0.25) is 0 Å².